The summed E-state index contributed by atoms with van der Waals surface area (Å²) in [6, 6.07) is 12.9. The highest BCUT2D eigenvalue weighted by Crippen LogP contribution is 2.26. The van der Waals surface area contributed by atoms with Crippen LogP contribution in [0.15, 0.2) is 46.9 Å². The van der Waals surface area contributed by atoms with Gasteiger partial charge in [0.1, 0.15) is 5.75 Å². The molecule has 0 unspecified atom stereocenters. The van der Waals surface area contributed by atoms with Crippen LogP contribution in [-0.4, -0.2) is 38.7 Å². The number of ether oxygens (including phenoxy) is 3. The molecule has 0 saturated carbocycles. The van der Waals surface area contributed by atoms with Crippen LogP contribution < -0.4 is 14.2 Å². The number of para-hydroxylation sites is 2. The molecule has 2 aromatic rings. The van der Waals surface area contributed by atoms with Gasteiger partial charge in [-0.05, 0) is 30.3 Å². The number of rotatable bonds is 7. The van der Waals surface area contributed by atoms with Gasteiger partial charge in [-0.1, -0.05) is 28.1 Å². The van der Waals surface area contributed by atoms with Gasteiger partial charge in [0.25, 0.3) is 5.91 Å². The Labute approximate surface area is 150 Å². The predicted octanol–water partition coefficient (Wildman–Crippen LogP) is 3.50. The summed E-state index contributed by atoms with van der Waals surface area (Å²) in [4.78, 5) is 13.9. The SMILES string of the molecule is COc1ccc(Br)cc1CN(C)C(=O)COc1ccccc1OC. The Morgan fingerprint density at radius 3 is 2.38 bits per heavy atom. The molecule has 0 heterocycles. The van der Waals surface area contributed by atoms with Gasteiger partial charge in [-0.25, -0.2) is 0 Å². The maximum Gasteiger partial charge on any atom is 0.260 e. The van der Waals surface area contributed by atoms with E-state index in [-0.39, 0.29) is 12.5 Å². The van der Waals surface area contributed by atoms with E-state index in [0.29, 0.717) is 18.0 Å². The average molecular weight is 394 g/mol. The lowest BCUT2D eigenvalue weighted by atomic mass is 10.2. The molecule has 0 aromatic heterocycles. The molecule has 1 amide bonds. The van der Waals surface area contributed by atoms with E-state index in [0.717, 1.165) is 15.8 Å². The Balaban J connectivity index is 1.99. The van der Waals surface area contributed by atoms with Crippen LogP contribution in [0.4, 0.5) is 0 Å². The summed E-state index contributed by atoms with van der Waals surface area (Å²) < 4.78 is 17.0. The van der Waals surface area contributed by atoms with Crippen molar-refractivity contribution in [2.75, 3.05) is 27.9 Å². The first kappa shape index (κ1) is 18.1. The number of benzene rings is 2. The quantitative estimate of drug-likeness (QED) is 0.721. The van der Waals surface area contributed by atoms with Crippen LogP contribution in [0.3, 0.4) is 0 Å². The van der Waals surface area contributed by atoms with Gasteiger partial charge in [0.2, 0.25) is 0 Å². The number of hydrogen-bond acceptors (Lipinski definition) is 4. The molecule has 0 N–H and O–H groups in total. The molecule has 2 rings (SSSR count). The van der Waals surface area contributed by atoms with Gasteiger partial charge in [0, 0.05) is 23.6 Å². The van der Waals surface area contributed by atoms with Crippen molar-refractivity contribution in [3.05, 3.63) is 52.5 Å². The third-order valence-corrected chi connectivity index (χ3v) is 3.99. The van der Waals surface area contributed by atoms with Gasteiger partial charge in [0.15, 0.2) is 18.1 Å². The fourth-order valence-electron chi connectivity index (χ4n) is 2.20. The lowest BCUT2D eigenvalue weighted by Gasteiger charge is -2.19. The van der Waals surface area contributed by atoms with Crippen LogP contribution >= 0.6 is 15.9 Å². The van der Waals surface area contributed by atoms with E-state index in [1.54, 1.807) is 38.3 Å². The molecule has 0 atom stereocenters. The van der Waals surface area contributed by atoms with Crippen molar-refractivity contribution >= 4 is 21.8 Å². The highest BCUT2D eigenvalue weighted by Gasteiger charge is 2.14. The van der Waals surface area contributed by atoms with Gasteiger partial charge in [-0.3, -0.25) is 4.79 Å². The third kappa shape index (κ3) is 4.64. The number of hydrogen-bond donors (Lipinski definition) is 0. The summed E-state index contributed by atoms with van der Waals surface area (Å²) in [5, 5.41) is 0. The summed E-state index contributed by atoms with van der Waals surface area (Å²) >= 11 is 3.43. The van der Waals surface area contributed by atoms with Crippen LogP contribution in [0, 0.1) is 0 Å². The fourth-order valence-corrected chi connectivity index (χ4v) is 2.61. The molecule has 6 heteroatoms. The maximum atomic E-state index is 12.3. The Morgan fingerprint density at radius 2 is 1.71 bits per heavy atom. The van der Waals surface area contributed by atoms with Crippen molar-refractivity contribution in [3.63, 3.8) is 0 Å². The molecule has 0 spiro atoms. The smallest absolute Gasteiger partial charge is 0.260 e. The minimum Gasteiger partial charge on any atom is -0.496 e. The first-order valence-electron chi connectivity index (χ1n) is 7.37. The Kier molecular flexibility index (Phi) is 6.49. The summed E-state index contributed by atoms with van der Waals surface area (Å²) in [6.07, 6.45) is 0. The van der Waals surface area contributed by atoms with Crippen LogP contribution in [-0.2, 0) is 11.3 Å². The van der Waals surface area contributed by atoms with Crippen LogP contribution in [0.2, 0.25) is 0 Å². The molecular formula is C18H20BrNO4. The van der Waals surface area contributed by atoms with Gasteiger partial charge in [-0.15, -0.1) is 0 Å². The first-order chi connectivity index (χ1) is 11.5. The number of nitrogens with zero attached hydrogens (tertiary/aromatic N) is 1. The zero-order valence-electron chi connectivity index (χ0n) is 13.9. The monoisotopic (exact) mass is 393 g/mol. The largest absolute Gasteiger partial charge is 0.496 e. The van der Waals surface area contributed by atoms with E-state index in [1.165, 1.54) is 0 Å². The van der Waals surface area contributed by atoms with Crippen LogP contribution in [0.25, 0.3) is 0 Å². The molecule has 24 heavy (non-hydrogen) atoms. The molecular weight excluding hydrogens is 374 g/mol. The number of methoxy groups -OCH3 is 2. The molecule has 5 nitrogen and oxygen atoms in total. The zero-order chi connectivity index (χ0) is 17.5. The van der Waals surface area contributed by atoms with Crippen molar-refractivity contribution in [2.45, 2.75) is 6.54 Å². The number of carbonyl (C=O) groups excluding carboxylic acids is 1. The number of carbonyl (C=O) groups is 1. The summed E-state index contributed by atoms with van der Waals surface area (Å²) in [5.41, 5.74) is 0.917. The molecule has 0 radical (unpaired) electrons. The van der Waals surface area contributed by atoms with Crippen molar-refractivity contribution in [1.29, 1.82) is 0 Å². The Morgan fingerprint density at radius 1 is 1.04 bits per heavy atom. The molecule has 128 valence electrons. The topological polar surface area (TPSA) is 48.0 Å². The van der Waals surface area contributed by atoms with Gasteiger partial charge < -0.3 is 19.1 Å². The lowest BCUT2D eigenvalue weighted by Crippen LogP contribution is -2.31. The van der Waals surface area contributed by atoms with Crippen molar-refractivity contribution in [1.82, 2.24) is 4.90 Å². The molecule has 0 fully saturated rings. The first-order valence-corrected chi connectivity index (χ1v) is 8.16. The van der Waals surface area contributed by atoms with E-state index < -0.39 is 0 Å². The number of likely N-dealkylation sites (N-methyl/N-ethyl adjacent to an activating group) is 1. The second-order valence-corrected chi connectivity index (χ2v) is 6.06. The lowest BCUT2D eigenvalue weighted by molar-refractivity contribution is -0.132. The molecule has 0 aliphatic carbocycles. The fraction of sp³-hybridized carbons (Fsp3) is 0.278. The van der Waals surface area contributed by atoms with E-state index in [1.807, 2.05) is 30.3 Å². The van der Waals surface area contributed by atoms with E-state index in [9.17, 15) is 4.79 Å². The molecule has 0 aliphatic heterocycles. The number of amides is 1. The van der Waals surface area contributed by atoms with Crippen LogP contribution in [0.5, 0.6) is 17.2 Å². The highest BCUT2D eigenvalue weighted by molar-refractivity contribution is 9.10. The van der Waals surface area contributed by atoms with E-state index in [4.69, 9.17) is 14.2 Å². The minimum atomic E-state index is -0.136. The van der Waals surface area contributed by atoms with Gasteiger partial charge in [-0.2, -0.15) is 0 Å². The molecule has 0 bridgehead atoms. The van der Waals surface area contributed by atoms with Gasteiger partial charge in [0.05, 0.1) is 14.2 Å². The number of halogens is 1. The summed E-state index contributed by atoms with van der Waals surface area (Å²) in [6.45, 7) is 0.365. The zero-order valence-corrected chi connectivity index (χ0v) is 15.5. The second kappa shape index (κ2) is 8.59. The average Bonchev–Trinajstić information content (AvgIpc) is 2.60. The predicted molar refractivity (Wildman–Crippen MR) is 95.7 cm³/mol. The summed E-state index contributed by atoms with van der Waals surface area (Å²) in [7, 11) is 4.91. The maximum absolute atomic E-state index is 12.3. The summed E-state index contributed by atoms with van der Waals surface area (Å²) in [5.74, 6) is 1.75. The minimum absolute atomic E-state index is 0.0623. The molecule has 2 aromatic carbocycles. The Bertz CT molecular complexity index is 705. The van der Waals surface area contributed by atoms with Crippen molar-refractivity contribution in [3.8, 4) is 17.2 Å². The van der Waals surface area contributed by atoms with E-state index in [2.05, 4.69) is 15.9 Å². The highest BCUT2D eigenvalue weighted by atomic mass is 79.9. The van der Waals surface area contributed by atoms with Crippen molar-refractivity contribution < 1.29 is 19.0 Å². The van der Waals surface area contributed by atoms with Crippen LogP contribution in [0.1, 0.15) is 5.56 Å². The standard InChI is InChI=1S/C18H20BrNO4/c1-20(11-13-10-14(19)8-9-15(13)22-2)18(21)12-24-17-7-5-4-6-16(17)23-3/h4-10H,11-12H2,1-3H3. The second-order valence-electron chi connectivity index (χ2n) is 5.15. The molecule has 0 aliphatic rings. The third-order valence-electron chi connectivity index (χ3n) is 3.50. The molecule has 0 saturated heterocycles. The van der Waals surface area contributed by atoms with Crippen molar-refractivity contribution in [2.24, 2.45) is 0 Å². The van der Waals surface area contributed by atoms with E-state index >= 15 is 0 Å². The normalized spacial score (nSPS) is 10.2. The van der Waals surface area contributed by atoms with Gasteiger partial charge >= 0.3 is 0 Å². The Hall–Kier alpha value is -2.21.